The van der Waals surface area contributed by atoms with Crippen molar-refractivity contribution in [3.63, 3.8) is 0 Å². The number of nitrogens with one attached hydrogen (secondary N) is 1. The van der Waals surface area contributed by atoms with Gasteiger partial charge in [0.25, 0.3) is 0 Å². The first-order valence-electron chi connectivity index (χ1n) is 3.88. The normalized spacial score (nSPS) is 9.91. The zero-order chi connectivity index (χ0) is 7.94. The molecule has 0 aliphatic carbocycles. The molecule has 1 nitrogen and oxygen atoms in total. The summed E-state index contributed by atoms with van der Waals surface area (Å²) in [7, 11) is 0. The molecule has 0 aliphatic heterocycles. The molecule has 0 heterocycles. The fourth-order valence-electron chi connectivity index (χ4n) is 0.725. The van der Waals surface area contributed by atoms with Gasteiger partial charge in [-0.2, -0.15) is 0 Å². The van der Waals surface area contributed by atoms with Crippen LogP contribution in [0.3, 0.4) is 0 Å². The van der Waals surface area contributed by atoms with Gasteiger partial charge < -0.3 is 0 Å². The SMILES string of the molecule is CCCNSc1ccccc1. The Kier molecular flexibility index (Phi) is 4.09. The van der Waals surface area contributed by atoms with Crippen LogP contribution >= 0.6 is 11.9 Å². The van der Waals surface area contributed by atoms with Crippen LogP contribution < -0.4 is 4.72 Å². The fourth-order valence-corrected chi connectivity index (χ4v) is 1.49. The second-order valence-electron chi connectivity index (χ2n) is 2.31. The van der Waals surface area contributed by atoms with Gasteiger partial charge in [0.15, 0.2) is 0 Å². The highest BCUT2D eigenvalue weighted by atomic mass is 32.2. The van der Waals surface area contributed by atoms with E-state index in [1.54, 1.807) is 11.9 Å². The summed E-state index contributed by atoms with van der Waals surface area (Å²) in [4.78, 5) is 1.28. The van der Waals surface area contributed by atoms with Crippen molar-refractivity contribution in [2.45, 2.75) is 18.2 Å². The first kappa shape index (κ1) is 8.62. The molecule has 11 heavy (non-hydrogen) atoms. The van der Waals surface area contributed by atoms with E-state index < -0.39 is 0 Å². The summed E-state index contributed by atoms with van der Waals surface area (Å²) in [5.74, 6) is 0. The summed E-state index contributed by atoms with van der Waals surface area (Å²) in [5, 5.41) is 0. The monoisotopic (exact) mass is 167 g/mol. The van der Waals surface area contributed by atoms with Crippen molar-refractivity contribution in [3.8, 4) is 0 Å². The van der Waals surface area contributed by atoms with E-state index in [9.17, 15) is 0 Å². The van der Waals surface area contributed by atoms with Gasteiger partial charge in [0.05, 0.1) is 0 Å². The molecule has 0 amide bonds. The quantitative estimate of drug-likeness (QED) is 0.546. The van der Waals surface area contributed by atoms with Crippen LogP contribution in [0.4, 0.5) is 0 Å². The summed E-state index contributed by atoms with van der Waals surface area (Å²) in [5.41, 5.74) is 0. The van der Waals surface area contributed by atoms with Crippen LogP contribution in [0.15, 0.2) is 35.2 Å². The van der Waals surface area contributed by atoms with E-state index in [0.29, 0.717) is 0 Å². The molecule has 0 unspecified atom stereocenters. The minimum absolute atomic E-state index is 1.07. The third-order valence-electron chi connectivity index (χ3n) is 1.29. The molecule has 0 saturated heterocycles. The predicted molar refractivity (Wildman–Crippen MR) is 50.6 cm³/mol. The maximum atomic E-state index is 3.27. The first-order valence-corrected chi connectivity index (χ1v) is 4.70. The maximum absolute atomic E-state index is 3.27. The average Bonchev–Trinajstić information content (AvgIpc) is 2.07. The van der Waals surface area contributed by atoms with E-state index in [-0.39, 0.29) is 0 Å². The predicted octanol–water partition coefficient (Wildman–Crippen LogP) is 2.69. The van der Waals surface area contributed by atoms with Crippen molar-refractivity contribution < 1.29 is 0 Å². The molecule has 0 aromatic heterocycles. The van der Waals surface area contributed by atoms with Crippen LogP contribution in [0.5, 0.6) is 0 Å². The van der Waals surface area contributed by atoms with Gasteiger partial charge in [0.2, 0.25) is 0 Å². The molecule has 0 atom stereocenters. The summed E-state index contributed by atoms with van der Waals surface area (Å²) in [6, 6.07) is 10.3. The number of benzene rings is 1. The Morgan fingerprint density at radius 2 is 2.00 bits per heavy atom. The number of hydrogen-bond donors (Lipinski definition) is 1. The summed E-state index contributed by atoms with van der Waals surface area (Å²) in [6.45, 7) is 3.23. The zero-order valence-electron chi connectivity index (χ0n) is 6.71. The molecule has 0 saturated carbocycles. The topological polar surface area (TPSA) is 12.0 Å². The second-order valence-corrected chi connectivity index (χ2v) is 3.27. The number of rotatable bonds is 4. The van der Waals surface area contributed by atoms with E-state index in [1.165, 1.54) is 11.3 Å². The van der Waals surface area contributed by atoms with Gasteiger partial charge in [-0.3, -0.25) is 4.72 Å². The van der Waals surface area contributed by atoms with Crippen LogP contribution in [0.2, 0.25) is 0 Å². The Balaban J connectivity index is 2.28. The largest absolute Gasteiger partial charge is 0.260 e. The van der Waals surface area contributed by atoms with E-state index in [0.717, 1.165) is 6.54 Å². The molecule has 0 aliphatic rings. The molecule has 0 bridgehead atoms. The van der Waals surface area contributed by atoms with Crippen LogP contribution in [-0.2, 0) is 0 Å². The van der Waals surface area contributed by atoms with Crippen molar-refractivity contribution >= 4 is 11.9 Å². The molecule has 1 N–H and O–H groups in total. The van der Waals surface area contributed by atoms with Crippen LogP contribution in [0, 0.1) is 0 Å². The highest BCUT2D eigenvalue weighted by molar-refractivity contribution is 7.97. The Morgan fingerprint density at radius 1 is 1.27 bits per heavy atom. The Bertz CT molecular complexity index is 186. The Morgan fingerprint density at radius 3 is 2.64 bits per heavy atom. The lowest BCUT2D eigenvalue weighted by atomic mass is 10.4. The van der Waals surface area contributed by atoms with Crippen molar-refractivity contribution in [1.82, 2.24) is 4.72 Å². The maximum Gasteiger partial charge on any atom is 0.0228 e. The molecule has 1 rings (SSSR count). The van der Waals surface area contributed by atoms with Gasteiger partial charge in [-0.25, -0.2) is 0 Å². The van der Waals surface area contributed by atoms with Crippen molar-refractivity contribution in [3.05, 3.63) is 30.3 Å². The molecule has 0 spiro atoms. The van der Waals surface area contributed by atoms with Crippen LogP contribution in [-0.4, -0.2) is 6.54 Å². The highest BCUT2D eigenvalue weighted by Crippen LogP contribution is 2.12. The fraction of sp³-hybridized carbons (Fsp3) is 0.333. The molecular weight excluding hydrogens is 154 g/mol. The standard InChI is InChI=1S/C9H13NS/c1-2-8-10-11-9-6-4-3-5-7-9/h3-7,10H,2,8H2,1H3. The molecule has 0 fully saturated rings. The van der Waals surface area contributed by atoms with Crippen molar-refractivity contribution in [1.29, 1.82) is 0 Å². The van der Waals surface area contributed by atoms with Gasteiger partial charge in [0, 0.05) is 11.4 Å². The lowest BCUT2D eigenvalue weighted by Crippen LogP contribution is -2.02. The minimum Gasteiger partial charge on any atom is -0.260 e. The molecule has 0 radical (unpaired) electrons. The van der Waals surface area contributed by atoms with Crippen molar-refractivity contribution in [2.24, 2.45) is 0 Å². The van der Waals surface area contributed by atoms with Crippen molar-refractivity contribution in [2.75, 3.05) is 6.54 Å². The van der Waals surface area contributed by atoms with Crippen LogP contribution in [0.1, 0.15) is 13.3 Å². The summed E-state index contributed by atoms with van der Waals surface area (Å²) < 4.78 is 3.27. The molecule has 2 heteroatoms. The van der Waals surface area contributed by atoms with Gasteiger partial charge >= 0.3 is 0 Å². The number of hydrogen-bond acceptors (Lipinski definition) is 2. The molecule has 1 aromatic rings. The van der Waals surface area contributed by atoms with E-state index >= 15 is 0 Å². The summed E-state index contributed by atoms with van der Waals surface area (Å²) in [6.07, 6.45) is 1.18. The van der Waals surface area contributed by atoms with E-state index in [1.807, 2.05) is 6.07 Å². The minimum atomic E-state index is 1.07. The van der Waals surface area contributed by atoms with Crippen LogP contribution in [0.25, 0.3) is 0 Å². The lowest BCUT2D eigenvalue weighted by molar-refractivity contribution is 0.877. The summed E-state index contributed by atoms with van der Waals surface area (Å²) >= 11 is 1.69. The first-order chi connectivity index (χ1) is 5.43. The molecular formula is C9H13NS. The molecule has 60 valence electrons. The second kappa shape index (κ2) is 5.22. The Hall–Kier alpha value is -0.470. The van der Waals surface area contributed by atoms with E-state index in [2.05, 4.69) is 35.9 Å². The van der Waals surface area contributed by atoms with Gasteiger partial charge in [-0.15, -0.1) is 0 Å². The van der Waals surface area contributed by atoms with Gasteiger partial charge in [-0.05, 0) is 30.5 Å². The lowest BCUT2D eigenvalue weighted by Gasteiger charge is -2.00. The molecule has 1 aromatic carbocycles. The third-order valence-corrected chi connectivity index (χ3v) is 2.14. The highest BCUT2D eigenvalue weighted by Gasteiger charge is 1.88. The Labute approximate surface area is 72.3 Å². The third kappa shape index (κ3) is 3.44. The smallest absolute Gasteiger partial charge is 0.0228 e. The van der Waals surface area contributed by atoms with Gasteiger partial charge in [-0.1, -0.05) is 25.1 Å². The average molecular weight is 167 g/mol. The zero-order valence-corrected chi connectivity index (χ0v) is 7.53. The van der Waals surface area contributed by atoms with E-state index in [4.69, 9.17) is 0 Å². The van der Waals surface area contributed by atoms with Gasteiger partial charge in [0.1, 0.15) is 0 Å².